The summed E-state index contributed by atoms with van der Waals surface area (Å²) in [7, 11) is 1.29. The molecule has 9 heteroatoms. The van der Waals surface area contributed by atoms with E-state index in [1.807, 2.05) is 13.8 Å². The fourth-order valence-corrected chi connectivity index (χ4v) is 2.90. The molecule has 0 aliphatic heterocycles. The van der Waals surface area contributed by atoms with Crippen molar-refractivity contribution in [3.8, 4) is 11.5 Å². The Morgan fingerprint density at radius 3 is 2.09 bits per heavy atom. The Hall–Kier alpha value is -2.94. The Bertz CT molecular complexity index is 838. The predicted octanol–water partition coefficient (Wildman–Crippen LogP) is 3.36. The first kappa shape index (κ1) is 29.1. The third-order valence-corrected chi connectivity index (χ3v) is 5.15. The van der Waals surface area contributed by atoms with Crippen LogP contribution in [0.4, 0.5) is 0 Å². The molecule has 0 spiro atoms. The first-order valence-corrected chi connectivity index (χ1v) is 11.7. The number of carbonyl (C=O) groups excluding carboxylic acids is 4. The van der Waals surface area contributed by atoms with Crippen LogP contribution >= 0.6 is 0 Å². The molecule has 0 bridgehead atoms. The van der Waals surface area contributed by atoms with Gasteiger partial charge >= 0.3 is 23.9 Å². The van der Waals surface area contributed by atoms with Crippen molar-refractivity contribution in [2.24, 2.45) is 5.92 Å². The second kappa shape index (κ2) is 15.1. The Kier molecular flexibility index (Phi) is 12.9. The van der Waals surface area contributed by atoms with Gasteiger partial charge in [0.15, 0.2) is 11.5 Å². The molecule has 2 unspecified atom stereocenters. The molecule has 1 rings (SSSR count). The summed E-state index contributed by atoms with van der Waals surface area (Å²) in [5.74, 6) is -1.26. The fraction of sp³-hybridized carbons (Fsp3) is 0.600. The van der Waals surface area contributed by atoms with E-state index in [-0.39, 0.29) is 49.2 Å². The molecule has 1 N–H and O–H groups in total. The molecule has 0 saturated heterocycles. The molecule has 0 aromatic heterocycles. The van der Waals surface area contributed by atoms with Crippen molar-refractivity contribution in [3.05, 3.63) is 23.8 Å². The maximum Gasteiger partial charge on any atom is 0.323 e. The summed E-state index contributed by atoms with van der Waals surface area (Å²) >= 11 is 0. The monoisotopic (exact) mass is 479 g/mol. The molecule has 0 aliphatic rings. The minimum Gasteiger partial charge on any atom is -0.468 e. The van der Waals surface area contributed by atoms with Gasteiger partial charge in [-0.15, -0.1) is 0 Å². The first-order valence-electron chi connectivity index (χ1n) is 11.7. The van der Waals surface area contributed by atoms with Gasteiger partial charge in [-0.25, -0.2) is 0 Å². The summed E-state index contributed by atoms with van der Waals surface area (Å²) < 4.78 is 20.9. The van der Waals surface area contributed by atoms with E-state index < -0.39 is 30.1 Å². The molecular formula is C25H37NO8. The van der Waals surface area contributed by atoms with Crippen molar-refractivity contribution in [1.82, 2.24) is 5.32 Å². The maximum absolute atomic E-state index is 12.3. The van der Waals surface area contributed by atoms with Crippen LogP contribution in [0.15, 0.2) is 18.2 Å². The Morgan fingerprint density at radius 2 is 1.53 bits per heavy atom. The van der Waals surface area contributed by atoms with E-state index >= 15 is 0 Å². The van der Waals surface area contributed by atoms with Gasteiger partial charge in [0, 0.05) is 25.8 Å². The normalized spacial score (nSPS) is 13.4. The summed E-state index contributed by atoms with van der Waals surface area (Å²) in [6, 6.07) is 4.02. The zero-order chi connectivity index (χ0) is 25.7. The van der Waals surface area contributed by atoms with Crippen LogP contribution in [-0.4, -0.2) is 49.7 Å². The van der Waals surface area contributed by atoms with Crippen molar-refractivity contribution in [2.45, 2.75) is 78.9 Å². The third-order valence-electron chi connectivity index (χ3n) is 5.15. The highest BCUT2D eigenvalue weighted by atomic mass is 16.6. The van der Waals surface area contributed by atoms with E-state index in [9.17, 15) is 19.2 Å². The average Bonchev–Trinajstić information content (AvgIpc) is 2.81. The lowest BCUT2D eigenvalue weighted by Crippen LogP contribution is -2.43. The van der Waals surface area contributed by atoms with E-state index in [1.54, 1.807) is 32.9 Å². The second-order valence-corrected chi connectivity index (χ2v) is 8.14. The molecule has 0 aliphatic carbocycles. The van der Waals surface area contributed by atoms with Gasteiger partial charge in [0.1, 0.15) is 12.1 Å². The summed E-state index contributed by atoms with van der Waals surface area (Å²) in [5, 5.41) is 3.07. The van der Waals surface area contributed by atoms with Gasteiger partial charge in [-0.1, -0.05) is 40.2 Å². The van der Waals surface area contributed by atoms with Gasteiger partial charge in [-0.3, -0.25) is 19.2 Å². The van der Waals surface area contributed by atoms with Gasteiger partial charge in [0.2, 0.25) is 0 Å². The Morgan fingerprint density at radius 1 is 0.912 bits per heavy atom. The van der Waals surface area contributed by atoms with Crippen molar-refractivity contribution < 1.29 is 38.1 Å². The molecule has 34 heavy (non-hydrogen) atoms. The molecule has 190 valence electrons. The third kappa shape index (κ3) is 10.3. The smallest absolute Gasteiger partial charge is 0.323 e. The molecule has 0 fully saturated rings. The number of methoxy groups -OCH3 is 1. The highest BCUT2D eigenvalue weighted by Crippen LogP contribution is 2.30. The largest absolute Gasteiger partial charge is 0.468 e. The number of hydrogen-bond acceptors (Lipinski definition) is 9. The number of ether oxygens (including phenoxy) is 4. The summed E-state index contributed by atoms with van der Waals surface area (Å²) in [5.41, 5.74) is 0.652. The number of nitrogens with one attached hydrogen (secondary N) is 1. The quantitative estimate of drug-likeness (QED) is 0.316. The highest BCUT2D eigenvalue weighted by Gasteiger charge is 2.23. The van der Waals surface area contributed by atoms with Crippen LogP contribution in [0.1, 0.15) is 65.9 Å². The van der Waals surface area contributed by atoms with Crippen LogP contribution in [0.3, 0.4) is 0 Å². The molecule has 0 saturated carbocycles. The molecule has 1 aromatic rings. The zero-order valence-corrected chi connectivity index (χ0v) is 21.0. The van der Waals surface area contributed by atoms with E-state index in [2.05, 4.69) is 5.32 Å². The van der Waals surface area contributed by atoms with E-state index in [4.69, 9.17) is 18.9 Å². The molecule has 3 atom stereocenters. The fourth-order valence-electron chi connectivity index (χ4n) is 2.90. The molecule has 0 heterocycles. The Labute approximate surface area is 201 Å². The summed E-state index contributed by atoms with van der Waals surface area (Å²) in [4.78, 5) is 47.9. The van der Waals surface area contributed by atoms with Crippen molar-refractivity contribution in [3.63, 3.8) is 0 Å². The number of benzene rings is 1. The van der Waals surface area contributed by atoms with Crippen molar-refractivity contribution >= 4 is 23.9 Å². The summed E-state index contributed by atoms with van der Waals surface area (Å²) in [6.07, 6.45) is 1.30. The van der Waals surface area contributed by atoms with Crippen LogP contribution in [-0.2, 0) is 35.1 Å². The van der Waals surface area contributed by atoms with Gasteiger partial charge in [-0.05, 0) is 37.0 Å². The topological polar surface area (TPSA) is 117 Å². The molecular weight excluding hydrogens is 442 g/mol. The lowest BCUT2D eigenvalue weighted by molar-refractivity contribution is -0.149. The number of esters is 4. The van der Waals surface area contributed by atoms with Gasteiger partial charge in [-0.2, -0.15) is 0 Å². The molecule has 0 amide bonds. The lowest BCUT2D eigenvalue weighted by atomic mass is 10.0. The second-order valence-electron chi connectivity index (χ2n) is 8.14. The SMILES string of the molecule is CCC(=O)Oc1ccc(C[C@H](NCC(C)OC(=O)CC(C)CC)C(=O)OC)cc1OC(=O)CC. The van der Waals surface area contributed by atoms with Crippen LogP contribution in [0, 0.1) is 5.92 Å². The predicted molar refractivity (Wildman–Crippen MR) is 125 cm³/mol. The average molecular weight is 480 g/mol. The number of hydrogen-bond donors (Lipinski definition) is 1. The minimum absolute atomic E-state index is 0.0992. The van der Waals surface area contributed by atoms with Gasteiger partial charge < -0.3 is 24.3 Å². The van der Waals surface area contributed by atoms with E-state index in [1.165, 1.54) is 13.2 Å². The first-order chi connectivity index (χ1) is 16.1. The van der Waals surface area contributed by atoms with E-state index in [0.29, 0.717) is 12.0 Å². The molecule has 1 aromatic carbocycles. The lowest BCUT2D eigenvalue weighted by Gasteiger charge is -2.21. The van der Waals surface area contributed by atoms with E-state index in [0.717, 1.165) is 6.42 Å². The van der Waals surface area contributed by atoms with Crippen LogP contribution in [0.5, 0.6) is 11.5 Å². The van der Waals surface area contributed by atoms with Crippen molar-refractivity contribution in [1.29, 1.82) is 0 Å². The highest BCUT2D eigenvalue weighted by molar-refractivity contribution is 5.77. The standard InChI is InChI=1S/C25H37NO8/c1-7-16(4)12-24(29)32-17(5)15-26-19(25(30)31-6)13-18-10-11-20(33-22(27)8-2)21(14-18)34-23(28)9-3/h10-11,14,16-17,19,26H,7-9,12-13,15H2,1-6H3/t16?,17?,19-/m0/s1. The maximum atomic E-state index is 12.3. The number of carbonyl (C=O) groups is 4. The Balaban J connectivity index is 2.92. The van der Waals surface area contributed by atoms with Gasteiger partial charge in [0.25, 0.3) is 0 Å². The minimum atomic E-state index is -0.737. The molecule has 0 radical (unpaired) electrons. The van der Waals surface area contributed by atoms with Crippen LogP contribution in [0.2, 0.25) is 0 Å². The number of rotatable bonds is 14. The van der Waals surface area contributed by atoms with Gasteiger partial charge in [0.05, 0.1) is 7.11 Å². The zero-order valence-electron chi connectivity index (χ0n) is 21.0. The molecule has 9 nitrogen and oxygen atoms in total. The summed E-state index contributed by atoms with van der Waals surface area (Å²) in [6.45, 7) is 9.30. The van der Waals surface area contributed by atoms with Crippen LogP contribution in [0.25, 0.3) is 0 Å². The van der Waals surface area contributed by atoms with Crippen molar-refractivity contribution in [2.75, 3.05) is 13.7 Å². The van der Waals surface area contributed by atoms with Crippen LogP contribution < -0.4 is 14.8 Å².